The SMILES string of the molecule is Cn1cncc1C(CCO)CNC(=O)OC(C)(C)C. The lowest BCUT2D eigenvalue weighted by molar-refractivity contribution is 0.0522. The molecule has 2 N–H and O–H groups in total. The van der Waals surface area contributed by atoms with Crippen LogP contribution in [0.15, 0.2) is 12.5 Å². The molecule has 1 aromatic heterocycles. The fraction of sp³-hybridized carbons (Fsp3) is 0.692. The number of rotatable bonds is 5. The van der Waals surface area contributed by atoms with E-state index < -0.39 is 11.7 Å². The summed E-state index contributed by atoms with van der Waals surface area (Å²) in [4.78, 5) is 15.7. The molecule has 1 atom stereocenters. The monoisotopic (exact) mass is 269 g/mol. The van der Waals surface area contributed by atoms with Crippen LogP contribution in [0.4, 0.5) is 4.79 Å². The molecule has 0 bridgehead atoms. The Bertz CT molecular complexity index is 410. The predicted octanol–water partition coefficient (Wildman–Crippen LogP) is 1.41. The smallest absolute Gasteiger partial charge is 0.407 e. The van der Waals surface area contributed by atoms with Gasteiger partial charge in [-0.1, -0.05) is 0 Å². The third-order valence-electron chi connectivity index (χ3n) is 2.64. The zero-order chi connectivity index (χ0) is 14.5. The highest BCUT2D eigenvalue weighted by Gasteiger charge is 2.19. The van der Waals surface area contributed by atoms with E-state index in [1.165, 1.54) is 0 Å². The fourth-order valence-corrected chi connectivity index (χ4v) is 1.79. The number of aromatic nitrogens is 2. The Hall–Kier alpha value is -1.56. The zero-order valence-electron chi connectivity index (χ0n) is 12.0. The van der Waals surface area contributed by atoms with Gasteiger partial charge in [-0.25, -0.2) is 9.78 Å². The van der Waals surface area contributed by atoms with E-state index in [0.717, 1.165) is 5.69 Å². The summed E-state index contributed by atoms with van der Waals surface area (Å²) in [5.74, 6) is 0.0185. The number of nitrogens with zero attached hydrogens (tertiary/aromatic N) is 2. The number of carbonyl (C=O) groups is 1. The number of nitrogens with one attached hydrogen (secondary N) is 1. The average Bonchev–Trinajstić information content (AvgIpc) is 2.68. The number of aryl methyl sites for hydroxylation is 1. The molecule has 0 radical (unpaired) electrons. The van der Waals surface area contributed by atoms with Crippen LogP contribution >= 0.6 is 0 Å². The first-order chi connectivity index (χ1) is 8.83. The van der Waals surface area contributed by atoms with Gasteiger partial charge in [-0.05, 0) is 27.2 Å². The van der Waals surface area contributed by atoms with Crippen LogP contribution in [0.5, 0.6) is 0 Å². The third-order valence-corrected chi connectivity index (χ3v) is 2.64. The molecular formula is C13H23N3O3. The lowest BCUT2D eigenvalue weighted by atomic mass is 10.0. The van der Waals surface area contributed by atoms with E-state index in [9.17, 15) is 4.79 Å². The summed E-state index contributed by atoms with van der Waals surface area (Å²) in [7, 11) is 1.89. The molecule has 1 unspecified atom stereocenters. The van der Waals surface area contributed by atoms with Gasteiger partial charge in [0.1, 0.15) is 5.60 Å². The summed E-state index contributed by atoms with van der Waals surface area (Å²) < 4.78 is 7.06. The van der Waals surface area contributed by atoms with Gasteiger partial charge < -0.3 is 19.7 Å². The number of aliphatic hydroxyl groups excluding tert-OH is 1. The number of ether oxygens (including phenoxy) is 1. The Balaban J connectivity index is 2.56. The summed E-state index contributed by atoms with van der Waals surface area (Å²) in [6.45, 7) is 5.93. The molecule has 108 valence electrons. The molecule has 0 saturated carbocycles. The van der Waals surface area contributed by atoms with E-state index in [2.05, 4.69) is 10.3 Å². The Morgan fingerprint density at radius 3 is 2.74 bits per heavy atom. The highest BCUT2D eigenvalue weighted by Crippen LogP contribution is 2.17. The van der Waals surface area contributed by atoms with Crippen LogP contribution in [0, 0.1) is 0 Å². The van der Waals surface area contributed by atoms with Gasteiger partial charge in [0.2, 0.25) is 0 Å². The minimum atomic E-state index is -0.511. The number of hydrogen-bond donors (Lipinski definition) is 2. The molecule has 6 nitrogen and oxygen atoms in total. The van der Waals surface area contributed by atoms with Gasteiger partial charge in [-0.15, -0.1) is 0 Å². The molecule has 0 aliphatic carbocycles. The van der Waals surface area contributed by atoms with Crippen LogP contribution < -0.4 is 5.32 Å². The van der Waals surface area contributed by atoms with Crippen molar-refractivity contribution >= 4 is 6.09 Å². The third kappa shape index (κ3) is 5.30. The van der Waals surface area contributed by atoms with Crippen molar-refractivity contribution in [1.82, 2.24) is 14.9 Å². The Labute approximate surface area is 113 Å². The molecule has 0 aliphatic heterocycles. The van der Waals surface area contributed by atoms with Crippen molar-refractivity contribution in [3.8, 4) is 0 Å². The van der Waals surface area contributed by atoms with E-state index in [1.807, 2.05) is 32.4 Å². The minimum absolute atomic E-state index is 0.0185. The van der Waals surface area contributed by atoms with Gasteiger partial charge in [0.25, 0.3) is 0 Å². The Morgan fingerprint density at radius 1 is 1.58 bits per heavy atom. The predicted molar refractivity (Wildman–Crippen MR) is 71.9 cm³/mol. The summed E-state index contributed by atoms with van der Waals surface area (Å²) in [5, 5.41) is 11.8. The van der Waals surface area contributed by atoms with Crippen molar-refractivity contribution in [2.45, 2.75) is 38.7 Å². The number of imidazole rings is 1. The maximum absolute atomic E-state index is 11.6. The average molecular weight is 269 g/mol. The lowest BCUT2D eigenvalue weighted by Gasteiger charge is -2.22. The first-order valence-corrected chi connectivity index (χ1v) is 6.37. The van der Waals surface area contributed by atoms with Crippen LogP contribution in [0.1, 0.15) is 38.8 Å². The highest BCUT2D eigenvalue weighted by atomic mass is 16.6. The summed E-state index contributed by atoms with van der Waals surface area (Å²) >= 11 is 0. The van der Waals surface area contributed by atoms with Crippen molar-refractivity contribution in [2.24, 2.45) is 7.05 Å². The maximum atomic E-state index is 11.6. The second kappa shape index (κ2) is 6.56. The van der Waals surface area contributed by atoms with Gasteiger partial charge in [0, 0.05) is 38.0 Å². The zero-order valence-corrected chi connectivity index (χ0v) is 12.0. The Morgan fingerprint density at radius 2 is 2.26 bits per heavy atom. The van der Waals surface area contributed by atoms with Crippen molar-refractivity contribution < 1.29 is 14.6 Å². The second-order valence-corrected chi connectivity index (χ2v) is 5.52. The van der Waals surface area contributed by atoms with Crippen LogP contribution in [0.25, 0.3) is 0 Å². The van der Waals surface area contributed by atoms with Crippen LogP contribution in [-0.2, 0) is 11.8 Å². The van der Waals surface area contributed by atoms with Crippen LogP contribution in [-0.4, -0.2) is 39.5 Å². The van der Waals surface area contributed by atoms with E-state index in [-0.39, 0.29) is 12.5 Å². The molecule has 6 heteroatoms. The highest BCUT2D eigenvalue weighted by molar-refractivity contribution is 5.67. The first-order valence-electron chi connectivity index (χ1n) is 6.37. The van der Waals surface area contributed by atoms with E-state index >= 15 is 0 Å². The summed E-state index contributed by atoms with van der Waals surface area (Å²) in [6.07, 6.45) is 3.57. The standard InChI is InChI=1S/C13H23N3O3/c1-13(2,3)19-12(18)15-7-10(5-6-17)11-8-14-9-16(11)4/h8-10,17H,5-7H2,1-4H3,(H,15,18). The quantitative estimate of drug-likeness (QED) is 0.847. The summed E-state index contributed by atoms with van der Waals surface area (Å²) in [6, 6.07) is 0. The van der Waals surface area contributed by atoms with Crippen molar-refractivity contribution in [3.63, 3.8) is 0 Å². The van der Waals surface area contributed by atoms with Gasteiger partial charge >= 0.3 is 6.09 Å². The molecule has 0 aliphatic rings. The van der Waals surface area contributed by atoms with Crippen molar-refractivity contribution in [3.05, 3.63) is 18.2 Å². The largest absolute Gasteiger partial charge is 0.444 e. The first kappa shape index (κ1) is 15.5. The van der Waals surface area contributed by atoms with Crippen LogP contribution in [0.2, 0.25) is 0 Å². The Kier molecular flexibility index (Phi) is 5.35. The number of carbonyl (C=O) groups excluding carboxylic acids is 1. The maximum Gasteiger partial charge on any atom is 0.407 e. The lowest BCUT2D eigenvalue weighted by Crippen LogP contribution is -2.35. The molecule has 19 heavy (non-hydrogen) atoms. The van der Waals surface area contributed by atoms with E-state index in [4.69, 9.17) is 9.84 Å². The fourth-order valence-electron chi connectivity index (χ4n) is 1.79. The summed E-state index contributed by atoms with van der Waals surface area (Å²) in [5.41, 5.74) is 0.466. The van der Waals surface area contributed by atoms with Crippen LogP contribution in [0.3, 0.4) is 0 Å². The van der Waals surface area contributed by atoms with Gasteiger partial charge in [0.05, 0.1) is 6.33 Å². The van der Waals surface area contributed by atoms with E-state index in [1.54, 1.807) is 12.5 Å². The number of hydrogen-bond acceptors (Lipinski definition) is 4. The van der Waals surface area contributed by atoms with E-state index in [0.29, 0.717) is 13.0 Å². The molecule has 0 fully saturated rings. The molecule has 1 rings (SSSR count). The molecule has 0 aromatic carbocycles. The molecule has 1 heterocycles. The number of alkyl carbamates (subject to hydrolysis) is 1. The number of amides is 1. The van der Waals surface area contributed by atoms with Gasteiger partial charge in [-0.2, -0.15) is 0 Å². The second-order valence-electron chi connectivity index (χ2n) is 5.52. The topological polar surface area (TPSA) is 76.4 Å². The molecule has 1 aromatic rings. The van der Waals surface area contributed by atoms with Gasteiger partial charge in [-0.3, -0.25) is 0 Å². The molecule has 0 spiro atoms. The molecule has 1 amide bonds. The minimum Gasteiger partial charge on any atom is -0.444 e. The number of aliphatic hydroxyl groups is 1. The van der Waals surface area contributed by atoms with Crippen molar-refractivity contribution in [1.29, 1.82) is 0 Å². The molecular weight excluding hydrogens is 246 g/mol. The van der Waals surface area contributed by atoms with Gasteiger partial charge in [0.15, 0.2) is 0 Å². The van der Waals surface area contributed by atoms with Crippen molar-refractivity contribution in [2.75, 3.05) is 13.2 Å². The normalized spacial score (nSPS) is 13.1. The molecule has 0 saturated heterocycles.